The lowest BCUT2D eigenvalue weighted by molar-refractivity contribution is 0.273. The lowest BCUT2D eigenvalue weighted by atomic mass is 9.97. The number of aromatic nitrogens is 2. The maximum absolute atomic E-state index is 9.53. The molecular formula is C19H18Cl2N2O2. The molecule has 0 amide bonds. The molecule has 130 valence electrons. The largest absolute Gasteiger partial charge is 0.487 e. The molecule has 0 saturated carbocycles. The number of benzene rings is 1. The van der Waals surface area contributed by atoms with Crippen molar-refractivity contribution in [1.29, 1.82) is 0 Å². The Balaban J connectivity index is 2.01. The number of aryl methyl sites for hydroxylation is 1. The van der Waals surface area contributed by atoms with Crippen molar-refractivity contribution in [2.24, 2.45) is 0 Å². The zero-order chi connectivity index (χ0) is 18.0. The summed E-state index contributed by atoms with van der Waals surface area (Å²) in [7, 11) is 0. The number of hydrogen-bond acceptors (Lipinski definition) is 4. The maximum atomic E-state index is 9.53. The summed E-state index contributed by atoms with van der Waals surface area (Å²) in [6.45, 7) is 4.21. The third kappa shape index (κ3) is 3.71. The summed E-state index contributed by atoms with van der Waals surface area (Å²) in [4.78, 5) is 8.57. The van der Waals surface area contributed by atoms with E-state index in [9.17, 15) is 5.11 Å². The molecule has 0 bridgehead atoms. The van der Waals surface area contributed by atoms with Gasteiger partial charge < -0.3 is 9.84 Å². The molecule has 2 heterocycles. The van der Waals surface area contributed by atoms with Gasteiger partial charge in [0.05, 0.1) is 10.0 Å². The minimum atomic E-state index is 0.0172. The van der Waals surface area contributed by atoms with Crippen LogP contribution in [0.4, 0.5) is 0 Å². The zero-order valence-electron chi connectivity index (χ0n) is 14.0. The predicted molar refractivity (Wildman–Crippen MR) is 101 cm³/mol. The van der Waals surface area contributed by atoms with E-state index in [0.717, 1.165) is 22.2 Å². The van der Waals surface area contributed by atoms with Gasteiger partial charge in [-0.05, 0) is 24.6 Å². The van der Waals surface area contributed by atoms with Crippen LogP contribution in [0.3, 0.4) is 0 Å². The number of hydrogen-bond donors (Lipinski definition) is 1. The third-order valence-corrected chi connectivity index (χ3v) is 4.74. The average Bonchev–Trinajstić information content (AvgIpc) is 2.60. The second kappa shape index (κ2) is 7.56. The number of fused-ring (bicyclic) bond motifs is 1. The zero-order valence-corrected chi connectivity index (χ0v) is 15.5. The van der Waals surface area contributed by atoms with E-state index < -0.39 is 0 Å². The van der Waals surface area contributed by atoms with Crippen LogP contribution in [0.5, 0.6) is 5.75 Å². The van der Waals surface area contributed by atoms with Gasteiger partial charge in [0.2, 0.25) is 0 Å². The standard InChI is InChI=1S/C19H18Cl2N2O2/c1-11(9-24)14-6-12(2)23-19-13(14)4-3-5-18(19)25-10-15-16(20)7-22-8-17(15)21/h3-8,11,24H,9-10H2,1-2H3. The van der Waals surface area contributed by atoms with Crippen molar-refractivity contribution in [3.8, 4) is 5.75 Å². The van der Waals surface area contributed by atoms with Gasteiger partial charge in [-0.1, -0.05) is 42.3 Å². The normalized spacial score (nSPS) is 12.4. The Morgan fingerprint density at radius 3 is 2.60 bits per heavy atom. The Labute approximate surface area is 156 Å². The minimum absolute atomic E-state index is 0.0172. The number of aliphatic hydroxyl groups excluding tert-OH is 1. The van der Waals surface area contributed by atoms with Crippen molar-refractivity contribution < 1.29 is 9.84 Å². The fraction of sp³-hybridized carbons (Fsp3) is 0.263. The summed E-state index contributed by atoms with van der Waals surface area (Å²) < 4.78 is 5.97. The van der Waals surface area contributed by atoms with E-state index in [1.807, 2.05) is 38.1 Å². The Kier molecular flexibility index (Phi) is 5.42. The molecule has 0 spiro atoms. The smallest absolute Gasteiger partial charge is 0.146 e. The van der Waals surface area contributed by atoms with Crippen LogP contribution in [0.25, 0.3) is 10.9 Å². The van der Waals surface area contributed by atoms with Crippen LogP contribution in [-0.2, 0) is 6.61 Å². The van der Waals surface area contributed by atoms with Gasteiger partial charge in [0.1, 0.15) is 17.9 Å². The molecule has 6 heteroatoms. The molecule has 3 rings (SSSR count). The topological polar surface area (TPSA) is 55.2 Å². The van der Waals surface area contributed by atoms with E-state index in [4.69, 9.17) is 27.9 Å². The lowest BCUT2D eigenvalue weighted by Gasteiger charge is -2.16. The first kappa shape index (κ1) is 17.9. The SMILES string of the molecule is Cc1cc(C(C)CO)c2cccc(OCc3c(Cl)cncc3Cl)c2n1. The highest BCUT2D eigenvalue weighted by atomic mass is 35.5. The van der Waals surface area contributed by atoms with E-state index in [2.05, 4.69) is 9.97 Å². The van der Waals surface area contributed by atoms with E-state index in [1.165, 1.54) is 0 Å². The summed E-state index contributed by atoms with van der Waals surface area (Å²) in [6.07, 6.45) is 3.08. The van der Waals surface area contributed by atoms with Crippen molar-refractivity contribution in [3.05, 3.63) is 63.5 Å². The van der Waals surface area contributed by atoms with Crippen LogP contribution in [-0.4, -0.2) is 21.7 Å². The number of aliphatic hydroxyl groups is 1. The molecule has 1 atom stereocenters. The Morgan fingerprint density at radius 1 is 1.20 bits per heavy atom. The first-order valence-corrected chi connectivity index (χ1v) is 8.68. The first-order chi connectivity index (χ1) is 12.0. The highest BCUT2D eigenvalue weighted by molar-refractivity contribution is 6.35. The summed E-state index contributed by atoms with van der Waals surface area (Å²) >= 11 is 12.3. The summed E-state index contributed by atoms with van der Waals surface area (Å²) in [5.74, 6) is 0.667. The number of nitrogens with zero attached hydrogens (tertiary/aromatic N) is 2. The second-order valence-corrected chi connectivity index (χ2v) is 6.77. The summed E-state index contributed by atoms with van der Waals surface area (Å²) in [5.41, 5.74) is 3.38. The molecule has 1 aromatic carbocycles. The highest BCUT2D eigenvalue weighted by Crippen LogP contribution is 2.32. The molecule has 1 unspecified atom stereocenters. The second-order valence-electron chi connectivity index (χ2n) is 5.96. The lowest BCUT2D eigenvalue weighted by Crippen LogP contribution is -2.04. The van der Waals surface area contributed by atoms with E-state index in [1.54, 1.807) is 12.4 Å². The first-order valence-electron chi connectivity index (χ1n) is 7.93. The molecule has 0 aliphatic rings. The quantitative estimate of drug-likeness (QED) is 0.686. The summed E-state index contributed by atoms with van der Waals surface area (Å²) in [6, 6.07) is 7.77. The number of halogens is 2. The molecule has 4 nitrogen and oxygen atoms in total. The average molecular weight is 377 g/mol. The third-order valence-electron chi connectivity index (χ3n) is 4.09. The molecule has 0 aliphatic heterocycles. The monoisotopic (exact) mass is 376 g/mol. The van der Waals surface area contributed by atoms with Gasteiger partial charge in [-0.25, -0.2) is 4.98 Å². The minimum Gasteiger partial charge on any atom is -0.487 e. The highest BCUT2D eigenvalue weighted by Gasteiger charge is 2.14. The Hall–Kier alpha value is -1.88. The molecule has 0 radical (unpaired) electrons. The van der Waals surface area contributed by atoms with Crippen molar-refractivity contribution in [3.63, 3.8) is 0 Å². The molecular weight excluding hydrogens is 359 g/mol. The van der Waals surface area contributed by atoms with E-state index >= 15 is 0 Å². The van der Waals surface area contributed by atoms with Crippen LogP contribution in [0, 0.1) is 6.92 Å². The number of pyridine rings is 2. The van der Waals surface area contributed by atoms with Gasteiger partial charge in [0, 0.05) is 41.6 Å². The number of ether oxygens (including phenoxy) is 1. The van der Waals surface area contributed by atoms with Crippen molar-refractivity contribution in [2.75, 3.05) is 6.61 Å². The Morgan fingerprint density at radius 2 is 1.92 bits per heavy atom. The van der Waals surface area contributed by atoms with E-state index in [0.29, 0.717) is 21.4 Å². The predicted octanol–water partition coefficient (Wildman–Crippen LogP) is 4.92. The van der Waals surface area contributed by atoms with E-state index in [-0.39, 0.29) is 19.1 Å². The maximum Gasteiger partial charge on any atom is 0.146 e. The van der Waals surface area contributed by atoms with Crippen molar-refractivity contribution >= 4 is 34.1 Å². The molecule has 0 aliphatic carbocycles. The fourth-order valence-electron chi connectivity index (χ4n) is 2.73. The Bertz CT molecular complexity index is 895. The van der Waals surface area contributed by atoms with Crippen LogP contribution in [0.15, 0.2) is 36.7 Å². The molecule has 0 saturated heterocycles. The number of rotatable bonds is 5. The summed E-state index contributed by atoms with van der Waals surface area (Å²) in [5, 5.41) is 11.4. The van der Waals surface area contributed by atoms with Crippen molar-refractivity contribution in [2.45, 2.75) is 26.4 Å². The van der Waals surface area contributed by atoms with Crippen molar-refractivity contribution in [1.82, 2.24) is 9.97 Å². The van der Waals surface area contributed by atoms with Gasteiger partial charge in [-0.2, -0.15) is 0 Å². The molecule has 0 fully saturated rings. The molecule has 3 aromatic rings. The number of para-hydroxylation sites is 1. The van der Waals surface area contributed by atoms with Gasteiger partial charge in [0.15, 0.2) is 0 Å². The van der Waals surface area contributed by atoms with Gasteiger partial charge in [-0.15, -0.1) is 0 Å². The molecule has 2 aromatic heterocycles. The van der Waals surface area contributed by atoms with Crippen LogP contribution < -0.4 is 4.74 Å². The van der Waals surface area contributed by atoms with Gasteiger partial charge in [0.25, 0.3) is 0 Å². The van der Waals surface area contributed by atoms with Gasteiger partial charge >= 0.3 is 0 Å². The molecule has 1 N–H and O–H groups in total. The van der Waals surface area contributed by atoms with Crippen LogP contribution in [0.2, 0.25) is 10.0 Å². The fourth-order valence-corrected chi connectivity index (χ4v) is 3.20. The van der Waals surface area contributed by atoms with Crippen LogP contribution >= 0.6 is 23.2 Å². The molecule has 25 heavy (non-hydrogen) atoms. The van der Waals surface area contributed by atoms with Crippen LogP contribution in [0.1, 0.15) is 29.7 Å². The van der Waals surface area contributed by atoms with Gasteiger partial charge in [-0.3, -0.25) is 4.98 Å².